The van der Waals surface area contributed by atoms with Crippen molar-refractivity contribution in [3.05, 3.63) is 51.8 Å². The van der Waals surface area contributed by atoms with Gasteiger partial charge in [0.05, 0.1) is 27.9 Å². The summed E-state index contributed by atoms with van der Waals surface area (Å²) in [4.78, 5) is 18.5. The van der Waals surface area contributed by atoms with Crippen molar-refractivity contribution in [2.24, 2.45) is 0 Å². The predicted molar refractivity (Wildman–Crippen MR) is 112 cm³/mol. The van der Waals surface area contributed by atoms with E-state index in [4.69, 9.17) is 16.3 Å². The lowest BCUT2D eigenvalue weighted by molar-refractivity contribution is -0.0447. The minimum absolute atomic E-state index is 0.0269. The first-order chi connectivity index (χ1) is 14.4. The second kappa shape index (κ2) is 5.92. The van der Waals surface area contributed by atoms with Gasteiger partial charge in [0.1, 0.15) is 12.1 Å². The Bertz CT molecular complexity index is 1370. The molecular weight excluding hydrogens is 404 g/mol. The quantitative estimate of drug-likeness (QED) is 0.503. The number of benzene rings is 1. The molecule has 2 fully saturated rings. The van der Waals surface area contributed by atoms with Gasteiger partial charge in [-0.2, -0.15) is 4.68 Å². The lowest BCUT2D eigenvalue weighted by Gasteiger charge is -2.28. The van der Waals surface area contributed by atoms with Gasteiger partial charge < -0.3 is 4.74 Å². The fourth-order valence-electron chi connectivity index (χ4n) is 4.64. The largest absolute Gasteiger partial charge is 0.355 e. The summed E-state index contributed by atoms with van der Waals surface area (Å²) < 4.78 is 11.3. The van der Waals surface area contributed by atoms with Crippen LogP contribution in [-0.2, 0) is 15.9 Å². The van der Waals surface area contributed by atoms with Crippen LogP contribution in [0.3, 0.4) is 0 Å². The van der Waals surface area contributed by atoms with Gasteiger partial charge in [0.2, 0.25) is 0 Å². The number of hydrogen-bond acceptors (Lipinski definition) is 5. The molecule has 30 heavy (non-hydrogen) atoms. The third kappa shape index (κ3) is 2.31. The van der Waals surface area contributed by atoms with Gasteiger partial charge in [-0.3, -0.25) is 13.8 Å². The fourth-order valence-corrected chi connectivity index (χ4v) is 4.90. The van der Waals surface area contributed by atoms with Crippen LogP contribution in [0.4, 0.5) is 0 Å². The van der Waals surface area contributed by atoms with E-state index in [1.165, 1.54) is 0 Å². The minimum atomic E-state index is -0.767. The third-order valence-corrected chi connectivity index (χ3v) is 6.95. The Balaban J connectivity index is 1.74. The molecule has 0 amide bonds. The Kier molecular flexibility index (Phi) is 3.57. The molecule has 2 aliphatic rings. The second-order valence-corrected chi connectivity index (χ2v) is 9.16. The molecular formula is C21H21ClN6O2. The topological polar surface area (TPSA) is 79.2 Å². The third-order valence-electron chi connectivity index (χ3n) is 6.64. The summed E-state index contributed by atoms with van der Waals surface area (Å²) in [6, 6.07) is 5.62. The number of aromatic nitrogens is 6. The highest BCUT2D eigenvalue weighted by atomic mass is 35.5. The molecule has 154 valence electrons. The zero-order valence-corrected chi connectivity index (χ0v) is 17.6. The summed E-state index contributed by atoms with van der Waals surface area (Å²) in [5.41, 5.74) is 1.93. The highest BCUT2D eigenvalue weighted by Crippen LogP contribution is 2.47. The van der Waals surface area contributed by atoms with Crippen LogP contribution in [0, 0.1) is 0 Å². The molecule has 1 unspecified atom stereocenters. The molecule has 8 nitrogen and oxygen atoms in total. The van der Waals surface area contributed by atoms with Crippen molar-refractivity contribution in [1.82, 2.24) is 28.9 Å². The zero-order valence-electron chi connectivity index (χ0n) is 16.8. The SMILES string of the molecule is CC1(c2cnnn2-c2ncn3c2c(=O)n(C2(C)CCCO2)c2c(Cl)cccc23)CC1. The predicted octanol–water partition coefficient (Wildman–Crippen LogP) is 3.42. The van der Waals surface area contributed by atoms with Crippen LogP contribution in [0.15, 0.2) is 35.5 Å². The Labute approximate surface area is 177 Å². The second-order valence-electron chi connectivity index (χ2n) is 8.75. The molecule has 0 bridgehead atoms. The summed E-state index contributed by atoms with van der Waals surface area (Å²) in [5, 5.41) is 8.91. The molecule has 1 aromatic carbocycles. The first-order valence-electron chi connectivity index (χ1n) is 10.2. The number of ether oxygens (including phenoxy) is 1. The smallest absolute Gasteiger partial charge is 0.281 e. The van der Waals surface area contributed by atoms with Crippen molar-refractivity contribution < 1.29 is 4.74 Å². The van der Waals surface area contributed by atoms with Gasteiger partial charge in [-0.05, 0) is 44.7 Å². The first-order valence-corrected chi connectivity index (χ1v) is 10.6. The van der Waals surface area contributed by atoms with Gasteiger partial charge in [-0.25, -0.2) is 4.98 Å². The summed E-state index contributed by atoms with van der Waals surface area (Å²) >= 11 is 6.60. The van der Waals surface area contributed by atoms with E-state index < -0.39 is 5.72 Å². The van der Waals surface area contributed by atoms with E-state index in [0.717, 1.165) is 36.9 Å². The van der Waals surface area contributed by atoms with E-state index in [9.17, 15) is 4.79 Å². The van der Waals surface area contributed by atoms with E-state index in [2.05, 4.69) is 22.2 Å². The van der Waals surface area contributed by atoms with Crippen molar-refractivity contribution in [3.8, 4) is 5.82 Å². The van der Waals surface area contributed by atoms with E-state index >= 15 is 0 Å². The maximum Gasteiger partial charge on any atom is 0.281 e. The molecule has 3 aromatic heterocycles. The summed E-state index contributed by atoms with van der Waals surface area (Å²) in [6.45, 7) is 4.74. The van der Waals surface area contributed by atoms with Crippen LogP contribution < -0.4 is 5.56 Å². The lowest BCUT2D eigenvalue weighted by Crippen LogP contribution is -2.39. The number of rotatable bonds is 3. The van der Waals surface area contributed by atoms with Crippen molar-refractivity contribution in [2.75, 3.05) is 6.61 Å². The van der Waals surface area contributed by atoms with E-state index in [1.807, 2.05) is 19.1 Å². The molecule has 0 spiro atoms. The lowest BCUT2D eigenvalue weighted by atomic mass is 10.1. The number of fused-ring (bicyclic) bond motifs is 3. The van der Waals surface area contributed by atoms with E-state index in [0.29, 0.717) is 28.5 Å². The van der Waals surface area contributed by atoms with Gasteiger partial charge in [-0.1, -0.05) is 29.8 Å². The van der Waals surface area contributed by atoms with Crippen molar-refractivity contribution in [2.45, 2.75) is 50.7 Å². The van der Waals surface area contributed by atoms with Crippen LogP contribution in [0.1, 0.15) is 45.2 Å². The van der Waals surface area contributed by atoms with Gasteiger partial charge in [0, 0.05) is 12.0 Å². The summed E-state index contributed by atoms with van der Waals surface area (Å²) in [6.07, 6.45) is 7.20. The molecule has 1 saturated heterocycles. The number of imidazole rings is 1. The highest BCUT2D eigenvalue weighted by molar-refractivity contribution is 6.35. The number of halogens is 1. The standard InChI is InChI=1S/C21H21ClN6O2/c1-20(8-9-20)15-11-24-25-28(15)18-17-19(29)27(21(2)7-4-10-30-21)16-13(22)5-3-6-14(16)26(17)12-23-18/h3,5-6,11-12H,4,7-10H2,1-2H3. The van der Waals surface area contributed by atoms with E-state index in [-0.39, 0.29) is 11.0 Å². The highest BCUT2D eigenvalue weighted by Gasteiger charge is 2.43. The molecule has 0 N–H and O–H groups in total. The average molecular weight is 425 g/mol. The molecule has 1 atom stereocenters. The molecule has 1 saturated carbocycles. The summed E-state index contributed by atoms with van der Waals surface area (Å²) in [7, 11) is 0. The van der Waals surface area contributed by atoms with Crippen molar-refractivity contribution >= 4 is 28.2 Å². The Morgan fingerprint density at radius 1 is 1.17 bits per heavy atom. The van der Waals surface area contributed by atoms with Gasteiger partial charge in [-0.15, -0.1) is 5.10 Å². The summed E-state index contributed by atoms with van der Waals surface area (Å²) in [5.74, 6) is 0.484. The number of para-hydroxylation sites is 1. The molecule has 1 aliphatic carbocycles. The van der Waals surface area contributed by atoms with Gasteiger partial charge in [0.25, 0.3) is 5.56 Å². The molecule has 9 heteroatoms. The van der Waals surface area contributed by atoms with Crippen molar-refractivity contribution in [1.29, 1.82) is 0 Å². The Morgan fingerprint density at radius 2 is 2.00 bits per heavy atom. The van der Waals surface area contributed by atoms with E-state index in [1.54, 1.807) is 32.2 Å². The molecule has 4 heterocycles. The molecule has 1 aliphatic heterocycles. The zero-order chi connectivity index (χ0) is 20.7. The minimum Gasteiger partial charge on any atom is -0.355 e. The first kappa shape index (κ1) is 18.1. The molecule has 4 aromatic rings. The molecule has 0 radical (unpaired) electrons. The van der Waals surface area contributed by atoms with Crippen LogP contribution in [0.5, 0.6) is 0 Å². The van der Waals surface area contributed by atoms with Gasteiger partial charge in [0.15, 0.2) is 11.3 Å². The normalized spacial score (nSPS) is 22.9. The van der Waals surface area contributed by atoms with Crippen LogP contribution in [0.2, 0.25) is 5.02 Å². The van der Waals surface area contributed by atoms with Crippen LogP contribution in [0.25, 0.3) is 22.4 Å². The Morgan fingerprint density at radius 3 is 2.73 bits per heavy atom. The molecule has 6 rings (SSSR count). The maximum atomic E-state index is 13.9. The van der Waals surface area contributed by atoms with Gasteiger partial charge >= 0.3 is 0 Å². The number of nitrogens with zero attached hydrogens (tertiary/aromatic N) is 6. The maximum absolute atomic E-state index is 13.9. The monoisotopic (exact) mass is 424 g/mol. The Hall–Kier alpha value is -2.71. The van der Waals surface area contributed by atoms with Crippen molar-refractivity contribution in [3.63, 3.8) is 0 Å². The van der Waals surface area contributed by atoms with Crippen LogP contribution >= 0.6 is 11.6 Å². The number of hydrogen-bond donors (Lipinski definition) is 0. The van der Waals surface area contributed by atoms with Crippen LogP contribution in [-0.4, -0.2) is 35.6 Å². The fraction of sp³-hybridized carbons (Fsp3) is 0.429. The average Bonchev–Trinajstić information content (AvgIpc) is 3.16.